The van der Waals surface area contributed by atoms with Crippen molar-refractivity contribution in [3.8, 4) is 5.75 Å². The van der Waals surface area contributed by atoms with E-state index >= 15 is 0 Å². The zero-order valence-corrected chi connectivity index (χ0v) is 13.7. The molecule has 1 N–H and O–H groups in total. The van der Waals surface area contributed by atoms with E-state index in [2.05, 4.69) is 31.2 Å². The van der Waals surface area contributed by atoms with Crippen LogP contribution in [0.3, 0.4) is 0 Å². The molecule has 0 fully saturated rings. The maximum atomic E-state index is 13.0. The molecule has 0 aliphatic rings. The molecule has 0 heterocycles. The molecule has 0 unspecified atom stereocenters. The monoisotopic (exact) mass is 426 g/mol. The van der Waals surface area contributed by atoms with Crippen LogP contribution in [0.15, 0.2) is 52.0 Å². The van der Waals surface area contributed by atoms with Crippen LogP contribution in [0.1, 0.15) is 11.1 Å². The molecular weight excluding hydrogens is 418 g/mol. The van der Waals surface area contributed by atoms with Crippen LogP contribution in [-0.4, -0.2) is 12.6 Å². The van der Waals surface area contributed by atoms with Gasteiger partial charge in [0.25, 0.3) is 0 Å². The number of para-hydroxylation sites is 1. The fourth-order valence-corrected chi connectivity index (χ4v) is 2.37. The smallest absolute Gasteiger partial charge is 0.404 e. The number of halogens is 7. The Kier molecular flexibility index (Phi) is 5.61. The van der Waals surface area contributed by atoms with Crippen LogP contribution in [0, 0.1) is 0 Å². The second kappa shape index (κ2) is 7.34. The Balaban J connectivity index is 2.33. The second-order valence-corrected chi connectivity index (χ2v) is 5.52. The van der Waals surface area contributed by atoms with Gasteiger partial charge in [0, 0.05) is 0 Å². The lowest BCUT2D eigenvalue weighted by Gasteiger charge is -2.17. The Morgan fingerprint density at radius 1 is 1.00 bits per heavy atom. The minimum atomic E-state index is -5.26. The molecule has 0 spiro atoms. The van der Waals surface area contributed by atoms with Gasteiger partial charge < -0.3 is 4.74 Å². The molecule has 0 radical (unpaired) electrons. The first kappa shape index (κ1) is 19.1. The van der Waals surface area contributed by atoms with Crippen LogP contribution in [0.25, 0.3) is 0 Å². The van der Waals surface area contributed by atoms with E-state index in [-0.39, 0.29) is 5.56 Å². The van der Waals surface area contributed by atoms with E-state index < -0.39 is 28.3 Å². The van der Waals surface area contributed by atoms with Crippen LogP contribution in [0.4, 0.5) is 32.0 Å². The van der Waals surface area contributed by atoms with Crippen molar-refractivity contribution in [1.82, 2.24) is 0 Å². The molecule has 0 saturated heterocycles. The van der Waals surface area contributed by atoms with E-state index in [1.54, 1.807) is 30.3 Å². The van der Waals surface area contributed by atoms with Gasteiger partial charge in [-0.15, -0.1) is 13.2 Å². The van der Waals surface area contributed by atoms with E-state index in [1.165, 1.54) is 0 Å². The molecule has 0 bridgehead atoms. The highest BCUT2D eigenvalue weighted by molar-refractivity contribution is 9.10. The number of benzene rings is 2. The quantitative estimate of drug-likeness (QED) is 0.380. The lowest BCUT2D eigenvalue weighted by molar-refractivity contribution is -0.276. The minimum absolute atomic E-state index is 0.0721. The average molecular weight is 427 g/mol. The van der Waals surface area contributed by atoms with Gasteiger partial charge in [-0.2, -0.15) is 18.3 Å². The van der Waals surface area contributed by atoms with Crippen molar-refractivity contribution in [3.05, 3.63) is 58.1 Å². The lowest BCUT2D eigenvalue weighted by Crippen LogP contribution is -2.20. The van der Waals surface area contributed by atoms with E-state index in [0.717, 1.165) is 12.3 Å². The van der Waals surface area contributed by atoms with Gasteiger partial charge in [0.2, 0.25) is 0 Å². The average Bonchev–Trinajstić information content (AvgIpc) is 2.48. The van der Waals surface area contributed by atoms with Crippen LogP contribution in [-0.2, 0) is 6.18 Å². The third kappa shape index (κ3) is 5.66. The molecule has 3 nitrogen and oxygen atoms in total. The number of hydrogen-bond acceptors (Lipinski definition) is 3. The van der Waals surface area contributed by atoms with E-state index in [4.69, 9.17) is 0 Å². The zero-order chi connectivity index (χ0) is 18.7. The van der Waals surface area contributed by atoms with Gasteiger partial charge in [-0.3, -0.25) is 5.43 Å². The van der Waals surface area contributed by atoms with Gasteiger partial charge in [0.05, 0.1) is 21.9 Å². The number of anilines is 1. The standard InChI is InChI=1S/C15H9BrF6N2O/c16-12-7-9(8-23-24-10-4-2-1-3-5-10)6-11(14(17,18)19)13(12)25-15(20,21)22/h1-8,24H. The number of hydrogen-bond donors (Lipinski definition) is 1. The van der Waals surface area contributed by atoms with Gasteiger partial charge >= 0.3 is 12.5 Å². The Hall–Kier alpha value is -2.23. The summed E-state index contributed by atoms with van der Waals surface area (Å²) in [4.78, 5) is 0. The molecule has 2 aromatic rings. The maximum Gasteiger partial charge on any atom is 0.573 e. The first-order chi connectivity index (χ1) is 11.6. The molecule has 0 atom stereocenters. The summed E-state index contributed by atoms with van der Waals surface area (Å²) in [5.41, 5.74) is 1.53. The van der Waals surface area contributed by atoms with Gasteiger partial charge in [0.1, 0.15) is 0 Å². The fourth-order valence-electron chi connectivity index (χ4n) is 1.81. The molecule has 134 valence electrons. The van der Waals surface area contributed by atoms with Gasteiger partial charge in [-0.05, 0) is 45.8 Å². The molecule has 0 aliphatic heterocycles. The first-order valence-electron chi connectivity index (χ1n) is 6.57. The van der Waals surface area contributed by atoms with Crippen molar-refractivity contribution in [2.24, 2.45) is 5.10 Å². The van der Waals surface area contributed by atoms with Gasteiger partial charge in [-0.25, -0.2) is 0 Å². The predicted octanol–water partition coefficient (Wildman–Crippen LogP) is 5.81. The minimum Gasteiger partial charge on any atom is -0.404 e. The molecule has 0 saturated carbocycles. The lowest BCUT2D eigenvalue weighted by atomic mass is 10.1. The summed E-state index contributed by atoms with van der Waals surface area (Å²) in [5, 5.41) is 3.75. The SMILES string of the molecule is FC(F)(F)Oc1c(Br)cc(C=NNc2ccccc2)cc1C(F)(F)F. The summed E-state index contributed by atoms with van der Waals surface area (Å²) in [7, 11) is 0. The predicted molar refractivity (Wildman–Crippen MR) is 83.5 cm³/mol. The summed E-state index contributed by atoms with van der Waals surface area (Å²) in [5.74, 6) is -1.35. The molecule has 2 aromatic carbocycles. The number of ether oxygens (including phenoxy) is 1. The summed E-state index contributed by atoms with van der Waals surface area (Å²) in [6.45, 7) is 0. The number of alkyl halides is 6. The first-order valence-corrected chi connectivity index (χ1v) is 7.36. The van der Waals surface area contributed by atoms with Crippen molar-refractivity contribution in [2.45, 2.75) is 12.5 Å². The zero-order valence-electron chi connectivity index (χ0n) is 12.1. The van der Waals surface area contributed by atoms with Crippen LogP contribution in [0.5, 0.6) is 5.75 Å². The topological polar surface area (TPSA) is 33.6 Å². The normalized spacial score (nSPS) is 12.4. The van der Waals surface area contributed by atoms with Crippen molar-refractivity contribution in [2.75, 3.05) is 5.43 Å². The Morgan fingerprint density at radius 3 is 2.20 bits per heavy atom. The highest BCUT2D eigenvalue weighted by atomic mass is 79.9. The number of nitrogens with zero attached hydrogens (tertiary/aromatic N) is 1. The summed E-state index contributed by atoms with van der Waals surface area (Å²) in [6, 6.07) is 10.1. The molecule has 0 aliphatic carbocycles. The number of hydrazone groups is 1. The highest BCUT2D eigenvalue weighted by Crippen LogP contribution is 2.43. The van der Waals surface area contributed by atoms with Gasteiger partial charge in [0.15, 0.2) is 5.75 Å². The van der Waals surface area contributed by atoms with Crippen molar-refractivity contribution in [3.63, 3.8) is 0 Å². The van der Waals surface area contributed by atoms with Crippen molar-refractivity contribution >= 4 is 27.8 Å². The summed E-state index contributed by atoms with van der Waals surface area (Å²) < 4.78 is 79.1. The second-order valence-electron chi connectivity index (χ2n) is 4.66. The molecule has 0 amide bonds. The molecule has 2 rings (SSSR count). The third-order valence-corrected chi connectivity index (χ3v) is 3.36. The van der Waals surface area contributed by atoms with Crippen LogP contribution in [0.2, 0.25) is 0 Å². The summed E-state index contributed by atoms with van der Waals surface area (Å²) >= 11 is 2.67. The van der Waals surface area contributed by atoms with E-state index in [1.807, 2.05) is 0 Å². The van der Waals surface area contributed by atoms with Crippen molar-refractivity contribution in [1.29, 1.82) is 0 Å². The molecule has 25 heavy (non-hydrogen) atoms. The van der Waals surface area contributed by atoms with Gasteiger partial charge in [-0.1, -0.05) is 18.2 Å². The Morgan fingerprint density at radius 2 is 1.64 bits per heavy atom. The summed E-state index contributed by atoms with van der Waals surface area (Å²) in [6.07, 6.45) is -9.25. The molecule has 10 heteroatoms. The largest absolute Gasteiger partial charge is 0.573 e. The fraction of sp³-hybridized carbons (Fsp3) is 0.133. The van der Waals surface area contributed by atoms with E-state index in [0.29, 0.717) is 11.8 Å². The van der Waals surface area contributed by atoms with Crippen LogP contribution >= 0.6 is 15.9 Å². The number of nitrogens with one attached hydrogen (secondary N) is 1. The van der Waals surface area contributed by atoms with E-state index in [9.17, 15) is 26.3 Å². The number of rotatable bonds is 4. The third-order valence-electron chi connectivity index (χ3n) is 2.77. The Bertz CT molecular complexity index is 759. The molecular formula is C15H9BrF6N2O. The Labute approximate surface area is 146 Å². The maximum absolute atomic E-state index is 13.0. The highest BCUT2D eigenvalue weighted by Gasteiger charge is 2.40. The van der Waals surface area contributed by atoms with Crippen molar-refractivity contribution < 1.29 is 31.1 Å². The molecule has 0 aromatic heterocycles. The van der Waals surface area contributed by atoms with Crippen LogP contribution < -0.4 is 10.2 Å².